The van der Waals surface area contributed by atoms with E-state index < -0.39 is 29.7 Å². The van der Waals surface area contributed by atoms with Crippen molar-refractivity contribution >= 4 is 29.3 Å². The first kappa shape index (κ1) is 44.5. The highest BCUT2D eigenvalue weighted by Crippen LogP contribution is 2.32. The van der Waals surface area contributed by atoms with Gasteiger partial charge in [-0.3, -0.25) is 29.4 Å². The number of amides is 4. The van der Waals surface area contributed by atoms with Gasteiger partial charge in [0, 0.05) is 25.3 Å². The van der Waals surface area contributed by atoms with Crippen LogP contribution in [0, 0.1) is 0 Å². The summed E-state index contributed by atoms with van der Waals surface area (Å²) in [5.74, 6) is -2.12. The summed E-state index contributed by atoms with van der Waals surface area (Å²) in [4.78, 5) is 50.9. The second-order valence-electron chi connectivity index (χ2n) is 14.0. The van der Waals surface area contributed by atoms with E-state index in [-0.39, 0.29) is 24.0 Å². The van der Waals surface area contributed by atoms with E-state index in [0.29, 0.717) is 71.7 Å². The summed E-state index contributed by atoms with van der Waals surface area (Å²) < 4.78 is 28.0. The Morgan fingerprint density at radius 3 is 1.58 bits per heavy atom. The molecule has 1 atom stereocenters. The fraction of sp³-hybridized carbons (Fsp3) is 0.756. The number of imide groups is 2. The summed E-state index contributed by atoms with van der Waals surface area (Å²) in [7, 11) is 0. The SMILES string of the molecule is CCCCCCCCCCCCCCCCCCOCCOCCOCCOCCOCCNc1cccc2c1C(=O)N(C1CCC(=O)NC1=O)C2=O. The van der Waals surface area contributed by atoms with Crippen LogP contribution >= 0.6 is 0 Å². The molecule has 12 heteroatoms. The predicted molar refractivity (Wildman–Crippen MR) is 205 cm³/mol. The van der Waals surface area contributed by atoms with Crippen molar-refractivity contribution in [1.29, 1.82) is 0 Å². The van der Waals surface area contributed by atoms with Crippen molar-refractivity contribution in [3.8, 4) is 0 Å². The number of hydrogen-bond donors (Lipinski definition) is 2. The molecule has 4 amide bonds. The van der Waals surface area contributed by atoms with Crippen LogP contribution in [-0.2, 0) is 33.3 Å². The molecule has 2 aliphatic heterocycles. The van der Waals surface area contributed by atoms with E-state index in [2.05, 4.69) is 17.6 Å². The van der Waals surface area contributed by atoms with Crippen molar-refractivity contribution in [2.24, 2.45) is 0 Å². The average Bonchev–Trinajstić information content (AvgIpc) is 3.41. The van der Waals surface area contributed by atoms with E-state index >= 15 is 0 Å². The van der Waals surface area contributed by atoms with Crippen LogP contribution in [0.3, 0.4) is 0 Å². The lowest BCUT2D eigenvalue weighted by molar-refractivity contribution is -0.136. The normalized spacial score (nSPS) is 15.7. The molecule has 0 spiro atoms. The smallest absolute Gasteiger partial charge is 0.264 e. The highest BCUT2D eigenvalue weighted by molar-refractivity contribution is 6.25. The Kier molecular flexibility index (Phi) is 24.0. The molecule has 0 aliphatic carbocycles. The topological polar surface area (TPSA) is 142 Å². The van der Waals surface area contributed by atoms with Crippen LogP contribution in [0.4, 0.5) is 5.69 Å². The van der Waals surface area contributed by atoms with Crippen LogP contribution in [0.1, 0.15) is 143 Å². The first-order chi connectivity index (χ1) is 26.0. The third kappa shape index (κ3) is 17.9. The molecule has 1 aromatic rings. The fourth-order valence-corrected chi connectivity index (χ4v) is 6.65. The number of carbonyl (C=O) groups is 4. The van der Waals surface area contributed by atoms with Gasteiger partial charge in [0.25, 0.3) is 11.8 Å². The standard InChI is InChI=1S/C41H67N3O9/c1-2-3-4-5-6-7-8-9-10-11-12-13-14-15-16-17-24-49-26-28-51-30-32-53-33-31-52-29-27-50-25-23-42-35-20-18-19-34-38(35)41(48)44(40(34)47)36-21-22-37(45)43-39(36)46/h18-20,36,42H,2-17,21-33H2,1H3,(H,43,45,46). The van der Waals surface area contributed by atoms with Crippen molar-refractivity contribution in [3.63, 3.8) is 0 Å². The van der Waals surface area contributed by atoms with Gasteiger partial charge in [0.05, 0.1) is 70.6 Å². The van der Waals surface area contributed by atoms with Crippen LogP contribution in [0.2, 0.25) is 0 Å². The van der Waals surface area contributed by atoms with Crippen molar-refractivity contribution in [3.05, 3.63) is 29.3 Å². The zero-order valence-electron chi connectivity index (χ0n) is 32.4. The van der Waals surface area contributed by atoms with Gasteiger partial charge >= 0.3 is 0 Å². The number of unbranched alkanes of at least 4 members (excludes halogenated alkanes) is 15. The lowest BCUT2D eigenvalue weighted by Gasteiger charge is -2.27. The minimum absolute atomic E-state index is 0.0772. The summed E-state index contributed by atoms with van der Waals surface area (Å²) >= 11 is 0. The molecule has 1 saturated heterocycles. The monoisotopic (exact) mass is 745 g/mol. The second-order valence-corrected chi connectivity index (χ2v) is 14.0. The van der Waals surface area contributed by atoms with Gasteiger partial charge in [0.1, 0.15) is 6.04 Å². The van der Waals surface area contributed by atoms with Crippen LogP contribution < -0.4 is 10.6 Å². The Morgan fingerprint density at radius 2 is 1.08 bits per heavy atom. The molecule has 300 valence electrons. The minimum Gasteiger partial charge on any atom is -0.382 e. The third-order valence-electron chi connectivity index (χ3n) is 9.66. The Bertz CT molecular complexity index is 1200. The maximum Gasteiger partial charge on any atom is 0.264 e. The Morgan fingerprint density at radius 1 is 0.604 bits per heavy atom. The quantitative estimate of drug-likeness (QED) is 0.0569. The molecule has 0 radical (unpaired) electrons. The van der Waals surface area contributed by atoms with E-state index in [1.54, 1.807) is 18.2 Å². The van der Waals surface area contributed by atoms with Gasteiger partial charge in [-0.1, -0.05) is 109 Å². The molecular formula is C41H67N3O9. The summed E-state index contributed by atoms with van der Waals surface area (Å²) in [5, 5.41) is 5.36. The Labute approximate surface area is 317 Å². The van der Waals surface area contributed by atoms with Crippen LogP contribution in [0.5, 0.6) is 0 Å². The molecule has 2 heterocycles. The molecular weight excluding hydrogens is 678 g/mol. The molecule has 12 nitrogen and oxygen atoms in total. The first-order valence-electron chi connectivity index (χ1n) is 20.5. The fourth-order valence-electron chi connectivity index (χ4n) is 6.65. The number of anilines is 1. The number of ether oxygens (including phenoxy) is 5. The number of benzene rings is 1. The maximum absolute atomic E-state index is 13.2. The van der Waals surface area contributed by atoms with Gasteiger partial charge in [-0.25, -0.2) is 0 Å². The van der Waals surface area contributed by atoms with Crippen LogP contribution in [0.15, 0.2) is 18.2 Å². The summed E-state index contributed by atoms with van der Waals surface area (Å²) in [6.07, 6.45) is 22.1. The second kappa shape index (κ2) is 28.5. The molecule has 2 N–H and O–H groups in total. The maximum atomic E-state index is 13.2. The first-order valence-corrected chi connectivity index (χ1v) is 20.5. The molecule has 3 rings (SSSR count). The number of nitrogens with zero attached hydrogens (tertiary/aromatic N) is 1. The van der Waals surface area contributed by atoms with E-state index in [0.717, 1.165) is 17.9 Å². The number of piperidine rings is 1. The van der Waals surface area contributed by atoms with E-state index in [1.807, 2.05) is 0 Å². The molecule has 2 aliphatic rings. The number of fused-ring (bicyclic) bond motifs is 1. The highest BCUT2D eigenvalue weighted by atomic mass is 16.6. The summed E-state index contributed by atoms with van der Waals surface area (Å²) in [6.45, 7) is 7.84. The highest BCUT2D eigenvalue weighted by Gasteiger charge is 2.45. The van der Waals surface area contributed by atoms with E-state index in [1.165, 1.54) is 96.3 Å². The number of nitrogens with one attached hydrogen (secondary N) is 2. The molecule has 0 saturated carbocycles. The zero-order chi connectivity index (χ0) is 37.8. The lowest BCUT2D eigenvalue weighted by Crippen LogP contribution is -2.54. The molecule has 53 heavy (non-hydrogen) atoms. The van der Waals surface area contributed by atoms with Crippen LogP contribution in [0.25, 0.3) is 0 Å². The average molecular weight is 746 g/mol. The molecule has 1 unspecified atom stereocenters. The van der Waals surface area contributed by atoms with Gasteiger partial charge in [-0.05, 0) is 25.0 Å². The zero-order valence-corrected chi connectivity index (χ0v) is 32.4. The molecule has 0 aromatic heterocycles. The van der Waals surface area contributed by atoms with Gasteiger partial charge in [-0.2, -0.15) is 0 Å². The van der Waals surface area contributed by atoms with Crippen molar-refractivity contribution in [2.45, 2.75) is 129 Å². The molecule has 1 fully saturated rings. The van der Waals surface area contributed by atoms with Crippen molar-refractivity contribution < 1.29 is 42.9 Å². The largest absolute Gasteiger partial charge is 0.382 e. The van der Waals surface area contributed by atoms with Crippen LogP contribution in [-0.4, -0.2) is 107 Å². The Hall–Kier alpha value is -2.90. The summed E-state index contributed by atoms with van der Waals surface area (Å²) in [5.41, 5.74) is 0.956. The van der Waals surface area contributed by atoms with Gasteiger partial charge in [-0.15, -0.1) is 0 Å². The summed E-state index contributed by atoms with van der Waals surface area (Å²) in [6, 6.07) is 3.96. The molecule has 1 aromatic carbocycles. The number of hydrogen-bond acceptors (Lipinski definition) is 10. The lowest BCUT2D eigenvalue weighted by atomic mass is 10.0. The number of rotatable bonds is 34. The number of carbonyl (C=O) groups excluding carboxylic acids is 4. The third-order valence-corrected chi connectivity index (χ3v) is 9.66. The molecule has 0 bridgehead atoms. The van der Waals surface area contributed by atoms with E-state index in [4.69, 9.17) is 23.7 Å². The Balaban J connectivity index is 1.03. The minimum atomic E-state index is -0.997. The van der Waals surface area contributed by atoms with Gasteiger partial charge < -0.3 is 29.0 Å². The van der Waals surface area contributed by atoms with Gasteiger partial charge in [0.2, 0.25) is 11.8 Å². The van der Waals surface area contributed by atoms with Gasteiger partial charge in [0.15, 0.2) is 0 Å². The van der Waals surface area contributed by atoms with Crippen molar-refractivity contribution in [2.75, 3.05) is 77.9 Å². The van der Waals surface area contributed by atoms with Crippen molar-refractivity contribution in [1.82, 2.24) is 10.2 Å². The predicted octanol–water partition coefficient (Wildman–Crippen LogP) is 6.84. The van der Waals surface area contributed by atoms with E-state index in [9.17, 15) is 19.2 Å².